The Hall–Kier alpha value is -6.44. The molecular weight excluding hydrogens is 639 g/mol. The Labute approximate surface area is 363 Å². The van der Waals surface area contributed by atoms with Gasteiger partial charge >= 0.3 is 0 Å². The van der Waals surface area contributed by atoms with Crippen molar-refractivity contribution in [3.63, 3.8) is 0 Å². The maximum atomic E-state index is 10.1. The van der Waals surface area contributed by atoms with Crippen molar-refractivity contribution < 1.29 is 50.7 Å². The first-order valence-electron chi connectivity index (χ1n) is 34.2. The first-order chi connectivity index (χ1) is 41.5. The van der Waals surface area contributed by atoms with Gasteiger partial charge in [0.05, 0.1) is 59.3 Å². The molecule has 0 saturated heterocycles. The molecule has 8 aromatic rings. The Kier molecular flexibility index (Phi) is 2.30. The topological polar surface area (TPSA) is 3.24 Å². The van der Waals surface area contributed by atoms with Crippen molar-refractivity contribution in [1.82, 2.24) is 0 Å². The highest BCUT2D eigenvalue weighted by atomic mass is 15.1. The third-order valence-corrected chi connectivity index (χ3v) is 9.49. The normalized spacial score (nSPS) is 24.9. The average molecular weight is 713 g/mol. The molecule has 0 heterocycles. The second-order valence-electron chi connectivity index (χ2n) is 12.0. The average Bonchev–Trinajstić information content (AvgIpc) is 1.48. The highest BCUT2D eigenvalue weighted by Gasteiger charge is 2.52. The molecule has 1 heteroatoms. The summed E-state index contributed by atoms with van der Waals surface area (Å²) in [5, 5.41) is 0. The van der Waals surface area contributed by atoms with Crippen molar-refractivity contribution >= 4 is 17.1 Å². The Morgan fingerprint density at radius 3 is 1.42 bits per heavy atom. The van der Waals surface area contributed by atoms with Gasteiger partial charge < -0.3 is 4.90 Å². The van der Waals surface area contributed by atoms with Gasteiger partial charge in [-0.1, -0.05) is 177 Å². The summed E-state index contributed by atoms with van der Waals surface area (Å²) in [5.41, 5.74) is -25.6. The van der Waals surface area contributed by atoms with Gasteiger partial charge in [0.2, 0.25) is 0 Å². The third-order valence-electron chi connectivity index (χ3n) is 9.49. The fraction of sp³-hybridized carbons (Fsp3) is 0.0769. The van der Waals surface area contributed by atoms with Crippen LogP contribution in [-0.4, -0.2) is 0 Å². The van der Waals surface area contributed by atoms with Crippen molar-refractivity contribution in [1.29, 1.82) is 0 Å². The van der Waals surface area contributed by atoms with Gasteiger partial charge in [-0.15, -0.1) is 0 Å². The fourth-order valence-corrected chi connectivity index (χ4v) is 7.43. The van der Waals surface area contributed by atoms with Crippen LogP contribution in [-0.2, 0) is 10.8 Å². The first kappa shape index (κ1) is 11.0. The van der Waals surface area contributed by atoms with Gasteiger partial charge in [0, 0.05) is 30.5 Å². The highest BCUT2D eigenvalue weighted by Crippen LogP contribution is 2.65. The molecule has 0 atom stereocenters. The third kappa shape index (κ3) is 3.97. The molecule has 3 aliphatic rings. The Bertz CT molecular complexity index is 4620. The maximum absolute atomic E-state index is 10.1. The lowest BCUT2D eigenvalue weighted by molar-refractivity contribution is 0.660. The van der Waals surface area contributed by atoms with E-state index >= 15 is 0 Å². The standard InChI is InChI=1S/C52H37N/c1-51(2)41-22-10-8-20-39(41)49-45(51)26-14-28-47(49)53(36-32-30-35(31-33-36)34-16-4-3-5-17-34)48-29-15-27-46-50(48)40-21-9-13-25-44(40)52(46)42-23-11-6-18-37(42)38-19-7-12-24-43(38)52/h3-33H,1-2H3/i1D3,2D3,3D,4D,5D,6D,7D,8D,9D,10D,11D,12D,13D,14D,15D,16D,17D,18D,19D,20D,21D,22D,23D,24D,25D,26D,27D,28D,29D,30D,31D,32D,33D. The summed E-state index contributed by atoms with van der Waals surface area (Å²) >= 11 is 0. The molecule has 1 nitrogen and oxygen atoms in total. The van der Waals surface area contributed by atoms with Gasteiger partial charge in [-0.25, -0.2) is 0 Å². The number of hydrogen-bond donors (Lipinski definition) is 0. The molecule has 0 bridgehead atoms. The van der Waals surface area contributed by atoms with E-state index in [2.05, 4.69) is 0 Å². The lowest BCUT2D eigenvalue weighted by Crippen LogP contribution is -2.26. The molecule has 11 rings (SSSR count). The summed E-state index contributed by atoms with van der Waals surface area (Å²) in [5.74, 6) is 0. The number of hydrogen-bond acceptors (Lipinski definition) is 1. The van der Waals surface area contributed by atoms with E-state index in [1.807, 2.05) is 0 Å². The van der Waals surface area contributed by atoms with Crippen LogP contribution in [0.4, 0.5) is 17.1 Å². The van der Waals surface area contributed by atoms with Crippen LogP contribution in [0.5, 0.6) is 0 Å². The Morgan fingerprint density at radius 1 is 0.377 bits per heavy atom. The lowest BCUT2D eigenvalue weighted by Gasteiger charge is -2.32. The number of fused-ring (bicyclic) bond motifs is 13. The van der Waals surface area contributed by atoms with Crippen molar-refractivity contribution in [3.8, 4) is 44.5 Å². The zero-order chi connectivity index (χ0) is 67.3. The lowest BCUT2D eigenvalue weighted by atomic mass is 9.70. The molecule has 0 saturated carbocycles. The van der Waals surface area contributed by atoms with Crippen LogP contribution in [0, 0.1) is 0 Å². The van der Waals surface area contributed by atoms with E-state index in [-0.39, 0.29) is 4.90 Å². The molecular formula is C52H37N. The minimum absolute atomic E-state index is 0.228. The van der Waals surface area contributed by atoms with E-state index in [1.54, 1.807) is 0 Å². The molecule has 3 aliphatic carbocycles. The van der Waals surface area contributed by atoms with Crippen molar-refractivity contribution in [2.45, 2.75) is 24.5 Å². The number of rotatable bonds is 4. The summed E-state index contributed by atoms with van der Waals surface area (Å²) in [7, 11) is 0. The fourth-order valence-electron chi connectivity index (χ4n) is 7.43. The van der Waals surface area contributed by atoms with Gasteiger partial charge in [-0.3, -0.25) is 0 Å². The van der Waals surface area contributed by atoms with Crippen LogP contribution >= 0.6 is 0 Å². The summed E-state index contributed by atoms with van der Waals surface area (Å²) in [6, 6.07) is -38.2. The van der Waals surface area contributed by atoms with E-state index in [0.29, 0.717) is 0 Å². The molecule has 0 N–H and O–H groups in total. The van der Waals surface area contributed by atoms with Gasteiger partial charge in [-0.05, 0) is 90.9 Å². The van der Waals surface area contributed by atoms with E-state index < -0.39 is 307 Å². The second-order valence-corrected chi connectivity index (χ2v) is 12.0. The first-order valence-corrected chi connectivity index (χ1v) is 15.7. The zero-order valence-electron chi connectivity index (χ0n) is 63.4. The van der Waals surface area contributed by atoms with Crippen LogP contribution < -0.4 is 4.90 Å². The van der Waals surface area contributed by atoms with E-state index in [0.717, 1.165) is 0 Å². The van der Waals surface area contributed by atoms with Gasteiger partial charge in [0.15, 0.2) is 0 Å². The van der Waals surface area contributed by atoms with E-state index in [1.165, 1.54) is 0 Å². The molecule has 0 radical (unpaired) electrons. The summed E-state index contributed by atoms with van der Waals surface area (Å²) in [6.07, 6.45) is 0. The van der Waals surface area contributed by atoms with Crippen molar-refractivity contribution in [3.05, 3.63) is 221 Å². The molecule has 8 aromatic carbocycles. The van der Waals surface area contributed by atoms with Crippen LogP contribution in [0.15, 0.2) is 187 Å². The van der Waals surface area contributed by atoms with E-state index in [9.17, 15) is 26.0 Å². The molecule has 0 aliphatic heterocycles. The van der Waals surface area contributed by atoms with Crippen LogP contribution in [0.2, 0.25) is 0 Å². The van der Waals surface area contributed by atoms with Crippen LogP contribution in [0.3, 0.4) is 0 Å². The largest absolute Gasteiger partial charge is 0.309 e. The van der Waals surface area contributed by atoms with Crippen molar-refractivity contribution in [2.75, 3.05) is 4.90 Å². The molecule has 0 aromatic heterocycles. The van der Waals surface area contributed by atoms with Crippen LogP contribution in [0.25, 0.3) is 44.5 Å². The maximum Gasteiger partial charge on any atom is 0.0726 e. The Balaban J connectivity index is 1.52. The SMILES string of the molecule is [2H]c1c([2H])c([2H])c(-c2c([2H])c([2H])c(N(c3c([2H])c([2H])c([2H])c4c3-c3c([2H])c([2H])c([2H])c([2H])c3C43c4c([2H])c([2H])c([2H])c([2H])c4-c4c([2H])c([2H])c([2H])c([2H])c43)c3c([2H])c([2H])c([2H])c4c3-c3c([2H])c([2H])c([2H])c([2H])c3C4(C([2H])([2H])[2H])C([2H])([2H])[2H])c([2H])c2[2H])c([2H])c1[2H]. The molecule has 0 unspecified atom stereocenters. The summed E-state index contributed by atoms with van der Waals surface area (Å²) < 4.78 is 344. The smallest absolute Gasteiger partial charge is 0.0726 e. The van der Waals surface area contributed by atoms with Gasteiger partial charge in [-0.2, -0.15) is 0 Å². The number of anilines is 3. The minimum Gasteiger partial charge on any atom is -0.309 e. The zero-order valence-corrected chi connectivity index (χ0v) is 26.4. The number of nitrogens with zero attached hydrogens (tertiary/aromatic N) is 1. The van der Waals surface area contributed by atoms with Crippen LogP contribution in [0.1, 0.15) is 97.8 Å². The Morgan fingerprint density at radius 2 is 0.811 bits per heavy atom. The number of benzene rings is 8. The summed E-state index contributed by atoms with van der Waals surface area (Å²) in [4.78, 5) is 0.228. The molecule has 53 heavy (non-hydrogen) atoms. The second kappa shape index (κ2) is 11.0. The van der Waals surface area contributed by atoms with Crippen molar-refractivity contribution in [2.24, 2.45) is 0 Å². The molecule has 0 fully saturated rings. The van der Waals surface area contributed by atoms with E-state index in [4.69, 9.17) is 24.7 Å². The predicted octanol–water partition coefficient (Wildman–Crippen LogP) is 13.5. The molecule has 250 valence electrons. The highest BCUT2D eigenvalue weighted by molar-refractivity contribution is 6.03. The molecule has 0 amide bonds. The quantitative estimate of drug-likeness (QED) is 0.176. The minimum atomic E-state index is -4.12. The van der Waals surface area contributed by atoms with Gasteiger partial charge in [0.1, 0.15) is 0 Å². The predicted molar refractivity (Wildman–Crippen MR) is 220 cm³/mol. The monoisotopic (exact) mass is 713 g/mol. The van der Waals surface area contributed by atoms with Gasteiger partial charge in [0.25, 0.3) is 0 Å². The summed E-state index contributed by atoms with van der Waals surface area (Å²) in [6.45, 7) is -8.25. The molecule has 1 spiro atoms.